The van der Waals surface area contributed by atoms with Crippen LogP contribution in [0.4, 0.5) is 0 Å². The monoisotopic (exact) mass is 456 g/mol. The highest BCUT2D eigenvalue weighted by Crippen LogP contribution is 2.29. The van der Waals surface area contributed by atoms with Gasteiger partial charge < -0.3 is 4.90 Å². The molecule has 1 aliphatic heterocycles. The standard InChI is InChI=1S/C27H25ClN4O/c28-23-10-3-8-20(17-23)25-12-4-13-26(30-25)22-9-5-15-31(18-22)27(33)24-11-2-1-7-21(24)19-32-16-6-14-29-32/h1-4,6-8,10-14,16-17,22H,5,9,15,18-19H2/t22-/m1/s1. The minimum Gasteiger partial charge on any atom is -0.338 e. The topological polar surface area (TPSA) is 51.0 Å². The van der Waals surface area contributed by atoms with Crippen LogP contribution in [0.3, 0.4) is 0 Å². The van der Waals surface area contributed by atoms with Crippen molar-refractivity contribution >= 4 is 17.5 Å². The predicted octanol–water partition coefficient (Wildman–Crippen LogP) is 5.67. The van der Waals surface area contributed by atoms with E-state index in [9.17, 15) is 4.79 Å². The zero-order valence-electron chi connectivity index (χ0n) is 18.3. The smallest absolute Gasteiger partial charge is 0.254 e. The molecule has 1 saturated heterocycles. The van der Waals surface area contributed by atoms with Crippen molar-refractivity contribution in [2.75, 3.05) is 13.1 Å². The highest BCUT2D eigenvalue weighted by molar-refractivity contribution is 6.30. The summed E-state index contributed by atoms with van der Waals surface area (Å²) in [6, 6.07) is 23.6. The third kappa shape index (κ3) is 4.83. The van der Waals surface area contributed by atoms with Crippen LogP contribution in [0.2, 0.25) is 5.02 Å². The summed E-state index contributed by atoms with van der Waals surface area (Å²) in [5, 5.41) is 4.99. The van der Waals surface area contributed by atoms with E-state index >= 15 is 0 Å². The van der Waals surface area contributed by atoms with Crippen LogP contribution in [0.1, 0.15) is 40.4 Å². The van der Waals surface area contributed by atoms with Crippen LogP contribution >= 0.6 is 11.6 Å². The fraction of sp³-hybridized carbons (Fsp3) is 0.222. The molecule has 0 spiro atoms. The number of nitrogens with zero attached hydrogens (tertiary/aromatic N) is 4. The summed E-state index contributed by atoms with van der Waals surface area (Å²) in [5.41, 5.74) is 4.65. The van der Waals surface area contributed by atoms with E-state index in [2.05, 4.69) is 11.2 Å². The summed E-state index contributed by atoms with van der Waals surface area (Å²) >= 11 is 6.18. The number of likely N-dealkylation sites (tertiary alicyclic amines) is 1. The van der Waals surface area contributed by atoms with Gasteiger partial charge in [-0.25, -0.2) is 0 Å². The van der Waals surface area contributed by atoms with Crippen molar-refractivity contribution in [1.29, 1.82) is 0 Å². The van der Waals surface area contributed by atoms with E-state index in [1.54, 1.807) is 6.20 Å². The lowest BCUT2D eigenvalue weighted by atomic mass is 9.93. The van der Waals surface area contributed by atoms with Crippen LogP contribution in [0.25, 0.3) is 11.3 Å². The van der Waals surface area contributed by atoms with Crippen molar-refractivity contribution in [1.82, 2.24) is 19.7 Å². The van der Waals surface area contributed by atoms with Gasteiger partial charge in [0.2, 0.25) is 0 Å². The maximum absolute atomic E-state index is 13.5. The minimum absolute atomic E-state index is 0.0773. The first-order valence-electron chi connectivity index (χ1n) is 11.2. The SMILES string of the molecule is O=C(c1ccccc1Cn1cccn1)N1CCC[C@@H](c2cccc(-c3cccc(Cl)c3)n2)C1. The van der Waals surface area contributed by atoms with Crippen LogP contribution < -0.4 is 0 Å². The molecular formula is C27H25ClN4O. The molecule has 3 heterocycles. The Morgan fingerprint density at radius 2 is 1.91 bits per heavy atom. The molecule has 1 amide bonds. The number of carbonyl (C=O) groups is 1. The Labute approximate surface area is 198 Å². The number of benzene rings is 2. The van der Waals surface area contributed by atoms with Crippen LogP contribution in [0.15, 0.2) is 85.2 Å². The van der Waals surface area contributed by atoms with Crippen molar-refractivity contribution in [3.05, 3.63) is 107 Å². The molecule has 0 aliphatic carbocycles. The molecule has 0 N–H and O–H groups in total. The highest BCUT2D eigenvalue weighted by Gasteiger charge is 2.27. The van der Waals surface area contributed by atoms with Crippen LogP contribution in [-0.4, -0.2) is 38.7 Å². The summed E-state index contributed by atoms with van der Waals surface area (Å²) in [6.45, 7) is 2.01. The molecule has 0 saturated carbocycles. The van der Waals surface area contributed by atoms with Gasteiger partial charge in [-0.1, -0.05) is 48.0 Å². The third-order valence-electron chi connectivity index (χ3n) is 6.16. The molecule has 4 aromatic rings. The average molecular weight is 457 g/mol. The summed E-state index contributed by atoms with van der Waals surface area (Å²) in [7, 11) is 0. The van der Waals surface area contributed by atoms with Crippen molar-refractivity contribution in [2.45, 2.75) is 25.3 Å². The Morgan fingerprint density at radius 3 is 2.76 bits per heavy atom. The van der Waals surface area contributed by atoms with E-state index in [-0.39, 0.29) is 11.8 Å². The third-order valence-corrected chi connectivity index (χ3v) is 6.39. The zero-order valence-corrected chi connectivity index (χ0v) is 19.0. The minimum atomic E-state index is 0.0773. The lowest BCUT2D eigenvalue weighted by Crippen LogP contribution is -2.39. The molecular weight excluding hydrogens is 432 g/mol. The van der Waals surface area contributed by atoms with Crippen LogP contribution in [0, 0.1) is 0 Å². The van der Waals surface area contributed by atoms with Gasteiger partial charge in [-0.2, -0.15) is 5.10 Å². The number of carbonyl (C=O) groups excluding carboxylic acids is 1. The Morgan fingerprint density at radius 1 is 1.03 bits per heavy atom. The van der Waals surface area contributed by atoms with E-state index in [1.807, 2.05) is 82.5 Å². The summed E-state index contributed by atoms with van der Waals surface area (Å²) in [6.07, 6.45) is 5.65. The number of piperidine rings is 1. The quantitative estimate of drug-likeness (QED) is 0.389. The summed E-state index contributed by atoms with van der Waals surface area (Å²) in [4.78, 5) is 20.4. The van der Waals surface area contributed by atoms with Crippen LogP contribution in [0.5, 0.6) is 0 Å². The van der Waals surface area contributed by atoms with Gasteiger partial charge in [-0.3, -0.25) is 14.5 Å². The summed E-state index contributed by atoms with van der Waals surface area (Å²) < 4.78 is 1.84. The highest BCUT2D eigenvalue weighted by atomic mass is 35.5. The van der Waals surface area contributed by atoms with Crippen molar-refractivity contribution in [2.24, 2.45) is 0 Å². The average Bonchev–Trinajstić information content (AvgIpc) is 3.37. The normalized spacial score (nSPS) is 16.0. The van der Waals surface area contributed by atoms with E-state index in [4.69, 9.17) is 16.6 Å². The second-order valence-corrected chi connectivity index (χ2v) is 8.85. The van der Waals surface area contributed by atoms with Gasteiger partial charge in [0.05, 0.1) is 12.2 Å². The van der Waals surface area contributed by atoms with Gasteiger partial charge in [-0.15, -0.1) is 0 Å². The van der Waals surface area contributed by atoms with Crippen LogP contribution in [-0.2, 0) is 6.54 Å². The Balaban J connectivity index is 1.36. The number of aromatic nitrogens is 3. The lowest BCUT2D eigenvalue weighted by molar-refractivity contribution is 0.0704. The molecule has 5 nitrogen and oxygen atoms in total. The zero-order chi connectivity index (χ0) is 22.6. The van der Waals surface area contributed by atoms with Gasteiger partial charge >= 0.3 is 0 Å². The molecule has 6 heteroatoms. The Kier molecular flexibility index (Phi) is 6.22. The number of rotatable bonds is 5. The van der Waals surface area contributed by atoms with E-state index in [1.165, 1.54) is 0 Å². The first kappa shape index (κ1) is 21.4. The fourth-order valence-electron chi connectivity index (χ4n) is 4.50. The predicted molar refractivity (Wildman–Crippen MR) is 130 cm³/mol. The van der Waals surface area contributed by atoms with E-state index in [0.717, 1.165) is 47.5 Å². The lowest BCUT2D eigenvalue weighted by Gasteiger charge is -2.33. The molecule has 5 rings (SSSR count). The maximum atomic E-state index is 13.5. The fourth-order valence-corrected chi connectivity index (χ4v) is 4.69. The Bertz CT molecular complexity index is 1250. The number of amides is 1. The van der Waals surface area contributed by atoms with Gasteiger partial charge in [0.15, 0.2) is 0 Å². The second kappa shape index (κ2) is 9.59. The molecule has 0 bridgehead atoms. The molecule has 166 valence electrons. The van der Waals surface area contributed by atoms with Gasteiger partial charge in [0.1, 0.15) is 0 Å². The molecule has 2 aromatic carbocycles. The molecule has 1 fully saturated rings. The number of pyridine rings is 1. The largest absolute Gasteiger partial charge is 0.338 e. The summed E-state index contributed by atoms with van der Waals surface area (Å²) in [5.74, 6) is 0.286. The molecule has 0 radical (unpaired) electrons. The van der Waals surface area contributed by atoms with Crippen molar-refractivity contribution in [3.63, 3.8) is 0 Å². The van der Waals surface area contributed by atoms with Crippen molar-refractivity contribution < 1.29 is 4.79 Å². The molecule has 1 atom stereocenters. The number of hydrogen-bond acceptors (Lipinski definition) is 3. The van der Waals surface area contributed by atoms with Gasteiger partial charge in [0.25, 0.3) is 5.91 Å². The van der Waals surface area contributed by atoms with Crippen molar-refractivity contribution in [3.8, 4) is 11.3 Å². The number of halogens is 1. The molecule has 33 heavy (non-hydrogen) atoms. The van der Waals surface area contributed by atoms with E-state index < -0.39 is 0 Å². The van der Waals surface area contributed by atoms with Gasteiger partial charge in [-0.05, 0) is 54.8 Å². The van der Waals surface area contributed by atoms with Gasteiger partial charge in [0, 0.05) is 53.2 Å². The Hall–Kier alpha value is -3.44. The maximum Gasteiger partial charge on any atom is 0.254 e. The molecule has 0 unspecified atom stereocenters. The molecule has 1 aliphatic rings. The van der Waals surface area contributed by atoms with E-state index in [0.29, 0.717) is 18.1 Å². The second-order valence-electron chi connectivity index (χ2n) is 8.41. The first-order valence-corrected chi connectivity index (χ1v) is 11.6. The molecule has 2 aromatic heterocycles. The first-order chi connectivity index (χ1) is 16.2. The number of hydrogen-bond donors (Lipinski definition) is 0.